The van der Waals surface area contributed by atoms with Crippen molar-refractivity contribution < 1.29 is 24.1 Å². The number of hydrogen-bond acceptors (Lipinski definition) is 5. The first-order valence-electron chi connectivity index (χ1n) is 18.6. The van der Waals surface area contributed by atoms with E-state index in [1.54, 1.807) is 5.57 Å². The zero-order valence-electron chi connectivity index (χ0n) is 31.8. The van der Waals surface area contributed by atoms with Crippen LogP contribution in [0.5, 0.6) is 0 Å². The van der Waals surface area contributed by atoms with Crippen molar-refractivity contribution in [1.82, 2.24) is 5.32 Å². The van der Waals surface area contributed by atoms with Crippen LogP contribution in [-0.2, 0) is 19.0 Å². The van der Waals surface area contributed by atoms with Crippen LogP contribution in [0.1, 0.15) is 122 Å². The first-order chi connectivity index (χ1) is 21.2. The predicted molar refractivity (Wildman–Crippen MR) is 186 cm³/mol. The van der Waals surface area contributed by atoms with Crippen LogP contribution in [0.4, 0.5) is 0 Å². The van der Waals surface area contributed by atoms with Gasteiger partial charge in [-0.25, -0.2) is 0 Å². The van der Waals surface area contributed by atoms with Crippen LogP contribution >= 0.6 is 0 Å². The molecule has 264 valence electrons. The smallest absolute Gasteiger partial charge is 0.307 e. The van der Waals surface area contributed by atoms with Crippen LogP contribution in [0, 0.1) is 62.1 Å². The Morgan fingerprint density at radius 2 is 1.74 bits per heavy atom. The normalized spacial score (nSPS) is 46.0. The molecule has 6 heteroatoms. The molecule has 6 nitrogen and oxygen atoms in total. The van der Waals surface area contributed by atoms with Crippen molar-refractivity contribution in [2.75, 3.05) is 33.5 Å². The lowest BCUT2D eigenvalue weighted by Gasteiger charge is -2.71. The van der Waals surface area contributed by atoms with E-state index < -0.39 is 5.97 Å². The van der Waals surface area contributed by atoms with E-state index in [-0.39, 0.29) is 56.2 Å². The van der Waals surface area contributed by atoms with Gasteiger partial charge in [-0.1, -0.05) is 87.8 Å². The quantitative estimate of drug-likeness (QED) is 0.246. The van der Waals surface area contributed by atoms with Crippen molar-refractivity contribution in [2.24, 2.45) is 62.1 Å². The fourth-order valence-electron chi connectivity index (χ4n) is 12.3. The van der Waals surface area contributed by atoms with E-state index in [2.05, 4.69) is 94.5 Å². The highest BCUT2D eigenvalue weighted by molar-refractivity contribution is 5.73. The summed E-state index contributed by atoms with van der Waals surface area (Å²) in [5.74, 6) is 0.628. The third-order valence-electron chi connectivity index (χ3n) is 16.1. The fraction of sp³-hybridized carbons (Fsp3) is 0.925. The Bertz CT molecular complexity index is 1190. The number of fused-ring (bicyclic) bond motifs is 3. The van der Waals surface area contributed by atoms with E-state index in [4.69, 9.17) is 14.2 Å². The minimum Gasteiger partial charge on any atom is -0.481 e. The Hall–Kier alpha value is -0.950. The number of allylic oxidation sites excluding steroid dienone is 1. The van der Waals surface area contributed by atoms with E-state index >= 15 is 0 Å². The summed E-state index contributed by atoms with van der Waals surface area (Å²) in [6.07, 6.45) is 8.48. The number of carboxylic acid groups (broad SMARTS) is 1. The number of rotatable bonds is 9. The van der Waals surface area contributed by atoms with E-state index in [0.717, 1.165) is 51.7 Å². The van der Waals surface area contributed by atoms with E-state index in [1.165, 1.54) is 0 Å². The molecule has 2 bridgehead atoms. The molecule has 5 rings (SSSR count). The van der Waals surface area contributed by atoms with E-state index in [9.17, 15) is 9.90 Å². The molecule has 1 heterocycles. The minimum absolute atomic E-state index is 0.0231. The van der Waals surface area contributed by atoms with Gasteiger partial charge in [0.25, 0.3) is 0 Å². The number of nitrogens with one attached hydrogen (secondary N) is 1. The lowest BCUT2D eigenvalue weighted by atomic mass is 9.34. The highest BCUT2D eigenvalue weighted by atomic mass is 16.5. The lowest BCUT2D eigenvalue weighted by Crippen LogP contribution is -2.70. The predicted octanol–water partition coefficient (Wildman–Crippen LogP) is 8.39. The number of hydrogen-bond donors (Lipinski definition) is 2. The van der Waals surface area contributed by atoms with Gasteiger partial charge < -0.3 is 24.6 Å². The monoisotopic (exact) mass is 644 g/mol. The number of methoxy groups -OCH3 is 1. The van der Waals surface area contributed by atoms with Crippen LogP contribution in [0.3, 0.4) is 0 Å². The molecule has 1 saturated heterocycles. The van der Waals surface area contributed by atoms with Crippen LogP contribution in [0.15, 0.2) is 11.6 Å². The molecule has 2 N–H and O–H groups in total. The maximum atomic E-state index is 13.4. The summed E-state index contributed by atoms with van der Waals surface area (Å²) in [7, 11) is 1.87. The Labute approximate surface area is 281 Å². The fourth-order valence-corrected chi connectivity index (χ4v) is 12.3. The van der Waals surface area contributed by atoms with Crippen molar-refractivity contribution in [2.45, 2.75) is 139 Å². The Morgan fingerprint density at radius 3 is 2.30 bits per heavy atom. The summed E-state index contributed by atoms with van der Waals surface area (Å²) in [5.41, 5.74) is 0.525. The van der Waals surface area contributed by atoms with E-state index in [0.29, 0.717) is 36.9 Å². The molecule has 0 spiro atoms. The maximum Gasteiger partial charge on any atom is 0.307 e. The highest BCUT2D eigenvalue weighted by Crippen LogP contribution is 2.75. The average molecular weight is 644 g/mol. The zero-order chi connectivity index (χ0) is 34.3. The van der Waals surface area contributed by atoms with Crippen molar-refractivity contribution in [3.8, 4) is 0 Å². The van der Waals surface area contributed by atoms with Crippen LogP contribution in [0.25, 0.3) is 0 Å². The van der Waals surface area contributed by atoms with Gasteiger partial charge in [0.1, 0.15) is 0 Å². The molecule has 0 aromatic heterocycles. The van der Waals surface area contributed by atoms with Gasteiger partial charge in [0.15, 0.2) is 0 Å². The minimum atomic E-state index is -0.599. The molecule has 1 aliphatic heterocycles. The van der Waals surface area contributed by atoms with Gasteiger partial charge in [0.2, 0.25) is 0 Å². The molecule has 0 aromatic rings. The van der Waals surface area contributed by atoms with Gasteiger partial charge in [0, 0.05) is 23.5 Å². The molecule has 0 amide bonds. The molecule has 0 aromatic carbocycles. The van der Waals surface area contributed by atoms with E-state index in [1.807, 2.05) is 7.11 Å². The second-order valence-electron chi connectivity index (χ2n) is 19.2. The molecule has 0 radical (unpaired) electrons. The number of aliphatic carboxylic acids is 1. The first kappa shape index (κ1) is 36.3. The number of likely N-dealkylation sites (N-methyl/N-ethyl adjacent to an activating group) is 1. The molecule has 12 atom stereocenters. The second kappa shape index (κ2) is 11.8. The Morgan fingerprint density at radius 1 is 1.07 bits per heavy atom. The largest absolute Gasteiger partial charge is 0.481 e. The summed E-state index contributed by atoms with van der Waals surface area (Å²) >= 11 is 0. The van der Waals surface area contributed by atoms with Crippen molar-refractivity contribution in [3.63, 3.8) is 0 Å². The SMILES string of the molecule is CCN[C@@](C)(CO[C@H]1[C@H](OC)C[C@@]23COCC1(C)[C@@H]2CC[C@H]1C3=CC[C@@]2(C)[C@H](C(=O)O)[C@@](C)([C@H](C)C(C)C)CC[C@]12C)C(C)(C)C. The first-order valence-corrected chi connectivity index (χ1v) is 18.6. The van der Waals surface area contributed by atoms with Crippen LogP contribution in [0.2, 0.25) is 0 Å². The molecular formula is C40H69NO5. The van der Waals surface area contributed by atoms with Crippen molar-refractivity contribution in [1.29, 1.82) is 0 Å². The van der Waals surface area contributed by atoms with Crippen molar-refractivity contribution >= 4 is 5.97 Å². The van der Waals surface area contributed by atoms with Gasteiger partial charge >= 0.3 is 5.97 Å². The maximum absolute atomic E-state index is 13.4. The van der Waals surface area contributed by atoms with Crippen LogP contribution in [-0.4, -0.2) is 62.3 Å². The lowest BCUT2D eigenvalue weighted by molar-refractivity contribution is -0.271. The number of carboxylic acids is 1. The third kappa shape index (κ3) is 4.95. The average Bonchev–Trinajstić information content (AvgIpc) is 2.95. The molecule has 46 heavy (non-hydrogen) atoms. The molecule has 5 aliphatic rings. The Balaban J connectivity index is 1.53. The molecule has 4 fully saturated rings. The van der Waals surface area contributed by atoms with Gasteiger partial charge in [-0.15, -0.1) is 0 Å². The Kier molecular flexibility index (Phi) is 9.35. The summed E-state index contributed by atoms with van der Waals surface area (Å²) in [6.45, 7) is 30.6. The summed E-state index contributed by atoms with van der Waals surface area (Å²) in [5, 5.41) is 14.7. The molecular weight excluding hydrogens is 574 g/mol. The second-order valence-corrected chi connectivity index (χ2v) is 19.2. The number of carbonyl (C=O) groups is 1. The zero-order valence-corrected chi connectivity index (χ0v) is 31.8. The summed E-state index contributed by atoms with van der Waals surface area (Å²) in [4.78, 5) is 13.4. The van der Waals surface area contributed by atoms with Gasteiger partial charge in [-0.2, -0.15) is 0 Å². The molecule has 4 aliphatic carbocycles. The topological polar surface area (TPSA) is 77.0 Å². The summed E-state index contributed by atoms with van der Waals surface area (Å²) in [6, 6.07) is 0. The van der Waals surface area contributed by atoms with Crippen LogP contribution < -0.4 is 5.32 Å². The van der Waals surface area contributed by atoms with Crippen molar-refractivity contribution in [3.05, 3.63) is 11.6 Å². The highest BCUT2D eigenvalue weighted by Gasteiger charge is 2.71. The van der Waals surface area contributed by atoms with Gasteiger partial charge in [0.05, 0.1) is 37.9 Å². The third-order valence-corrected chi connectivity index (χ3v) is 16.1. The molecule has 1 unspecified atom stereocenters. The number of ether oxygens (including phenoxy) is 3. The van der Waals surface area contributed by atoms with Gasteiger partial charge in [-0.05, 0) is 97.3 Å². The summed E-state index contributed by atoms with van der Waals surface area (Å²) < 4.78 is 20.2. The standard InChI is InChI=1S/C40H69NO5/c1-14-41-39(12,34(5,6)7)23-46-32-29(44-13)21-40-24-45-22-36(32,9)30(40)16-15-27-28(40)17-18-38(11)31(33(42)43)35(8,26(4)25(2)3)19-20-37(27,38)10/h17,25-27,29-32,41H,14-16,18-24H2,1-13H3,(H,42,43)/t26-,27+,29-,30+,31-,32+,35-,36?,37-,38+,39+,40+/m1/s1. The molecule has 3 saturated carbocycles. The van der Waals surface area contributed by atoms with Gasteiger partial charge in [-0.3, -0.25) is 4.79 Å².